The standard InChI is InChI=1S/C15H19ClN2O4/c1-9-6-12(13(21-2)7-11(9)16)18-15(20)14(19)17-8-10-4-3-5-22-10/h6-7,10H,3-5,8H2,1-2H3,(H,17,19)(H,18,20). The highest BCUT2D eigenvalue weighted by atomic mass is 35.5. The molecule has 0 aliphatic carbocycles. The second-order valence-electron chi connectivity index (χ2n) is 5.10. The first-order chi connectivity index (χ1) is 10.5. The van der Waals surface area contributed by atoms with Crippen LogP contribution in [0.25, 0.3) is 0 Å². The van der Waals surface area contributed by atoms with Crippen molar-refractivity contribution in [1.29, 1.82) is 0 Å². The summed E-state index contributed by atoms with van der Waals surface area (Å²) in [5, 5.41) is 5.62. The molecule has 2 N–H and O–H groups in total. The quantitative estimate of drug-likeness (QED) is 0.828. The van der Waals surface area contributed by atoms with Crippen molar-refractivity contribution in [3.05, 3.63) is 22.7 Å². The van der Waals surface area contributed by atoms with Crippen molar-refractivity contribution in [3.63, 3.8) is 0 Å². The fraction of sp³-hybridized carbons (Fsp3) is 0.467. The van der Waals surface area contributed by atoms with Crippen LogP contribution in [-0.2, 0) is 14.3 Å². The highest BCUT2D eigenvalue weighted by Crippen LogP contribution is 2.30. The Hall–Kier alpha value is -1.79. The molecule has 0 bridgehead atoms. The van der Waals surface area contributed by atoms with Crippen LogP contribution in [-0.4, -0.2) is 38.2 Å². The maximum atomic E-state index is 11.9. The lowest BCUT2D eigenvalue weighted by Gasteiger charge is -2.13. The van der Waals surface area contributed by atoms with Crippen LogP contribution in [0.2, 0.25) is 5.02 Å². The van der Waals surface area contributed by atoms with Gasteiger partial charge in [-0.2, -0.15) is 0 Å². The molecule has 1 atom stereocenters. The van der Waals surface area contributed by atoms with Crippen molar-refractivity contribution < 1.29 is 19.1 Å². The number of methoxy groups -OCH3 is 1. The molecule has 1 fully saturated rings. The molecule has 22 heavy (non-hydrogen) atoms. The summed E-state index contributed by atoms with van der Waals surface area (Å²) < 4.78 is 10.5. The van der Waals surface area contributed by atoms with Crippen LogP contribution in [0.1, 0.15) is 18.4 Å². The van der Waals surface area contributed by atoms with E-state index < -0.39 is 11.8 Å². The van der Waals surface area contributed by atoms with Gasteiger partial charge in [0.25, 0.3) is 0 Å². The summed E-state index contributed by atoms with van der Waals surface area (Å²) in [6.45, 7) is 2.84. The molecule has 1 aromatic carbocycles. The molecular weight excluding hydrogens is 308 g/mol. The van der Waals surface area contributed by atoms with E-state index in [4.69, 9.17) is 21.1 Å². The number of aryl methyl sites for hydroxylation is 1. The molecule has 0 radical (unpaired) electrons. The molecule has 7 heteroatoms. The summed E-state index contributed by atoms with van der Waals surface area (Å²) in [6, 6.07) is 3.25. The lowest BCUT2D eigenvalue weighted by atomic mass is 10.2. The fourth-order valence-corrected chi connectivity index (χ4v) is 2.35. The van der Waals surface area contributed by atoms with Crippen LogP contribution < -0.4 is 15.4 Å². The fourth-order valence-electron chi connectivity index (χ4n) is 2.20. The van der Waals surface area contributed by atoms with E-state index in [2.05, 4.69) is 10.6 Å². The molecule has 6 nitrogen and oxygen atoms in total. The minimum atomic E-state index is -0.752. The number of ether oxygens (including phenoxy) is 2. The van der Waals surface area contributed by atoms with E-state index in [9.17, 15) is 9.59 Å². The predicted molar refractivity (Wildman–Crippen MR) is 83.4 cm³/mol. The second kappa shape index (κ2) is 7.47. The van der Waals surface area contributed by atoms with Crippen LogP contribution in [0.4, 0.5) is 5.69 Å². The number of amides is 2. The summed E-state index contributed by atoms with van der Waals surface area (Å²) in [5.41, 5.74) is 1.18. The van der Waals surface area contributed by atoms with E-state index in [1.54, 1.807) is 19.1 Å². The average Bonchev–Trinajstić information content (AvgIpc) is 3.01. The number of rotatable bonds is 4. The van der Waals surface area contributed by atoms with Crippen LogP contribution in [0, 0.1) is 6.92 Å². The van der Waals surface area contributed by atoms with E-state index in [0.717, 1.165) is 18.4 Å². The minimum absolute atomic E-state index is 0.0101. The van der Waals surface area contributed by atoms with Gasteiger partial charge >= 0.3 is 11.8 Å². The van der Waals surface area contributed by atoms with Gasteiger partial charge in [-0.25, -0.2) is 0 Å². The molecule has 1 heterocycles. The number of halogens is 1. The maximum Gasteiger partial charge on any atom is 0.313 e. The molecule has 0 spiro atoms. The number of carbonyl (C=O) groups is 2. The predicted octanol–water partition coefficient (Wildman–Crippen LogP) is 1.89. The monoisotopic (exact) mass is 326 g/mol. The molecule has 120 valence electrons. The molecule has 1 saturated heterocycles. The Bertz CT molecular complexity index is 571. The molecule has 1 unspecified atom stereocenters. The van der Waals surface area contributed by atoms with Gasteiger partial charge in [0, 0.05) is 24.2 Å². The average molecular weight is 327 g/mol. The molecule has 2 rings (SSSR count). The van der Waals surface area contributed by atoms with Crippen molar-refractivity contribution >= 4 is 29.1 Å². The molecule has 1 aromatic rings. The molecule has 0 aromatic heterocycles. The number of hydrogen-bond acceptors (Lipinski definition) is 4. The van der Waals surface area contributed by atoms with Gasteiger partial charge in [-0.3, -0.25) is 9.59 Å². The zero-order valence-electron chi connectivity index (χ0n) is 12.6. The van der Waals surface area contributed by atoms with Crippen molar-refractivity contribution in [2.45, 2.75) is 25.9 Å². The third-order valence-corrected chi connectivity index (χ3v) is 3.86. The van der Waals surface area contributed by atoms with Gasteiger partial charge in [-0.05, 0) is 31.4 Å². The van der Waals surface area contributed by atoms with Crippen LogP contribution in [0.15, 0.2) is 12.1 Å². The number of carbonyl (C=O) groups excluding carboxylic acids is 2. The van der Waals surface area contributed by atoms with E-state index >= 15 is 0 Å². The molecule has 1 aliphatic heterocycles. The lowest BCUT2D eigenvalue weighted by Crippen LogP contribution is -2.39. The van der Waals surface area contributed by atoms with Crippen LogP contribution in [0.5, 0.6) is 5.75 Å². The van der Waals surface area contributed by atoms with Crippen LogP contribution >= 0.6 is 11.6 Å². The van der Waals surface area contributed by atoms with Gasteiger partial charge in [0.2, 0.25) is 0 Å². The van der Waals surface area contributed by atoms with Gasteiger partial charge in [0.15, 0.2) is 0 Å². The van der Waals surface area contributed by atoms with Crippen molar-refractivity contribution in [2.75, 3.05) is 25.6 Å². The van der Waals surface area contributed by atoms with Gasteiger partial charge in [-0.1, -0.05) is 11.6 Å². The topological polar surface area (TPSA) is 76.7 Å². The number of anilines is 1. The van der Waals surface area contributed by atoms with Crippen LogP contribution in [0.3, 0.4) is 0 Å². The Labute approximate surface area is 134 Å². The highest BCUT2D eigenvalue weighted by molar-refractivity contribution is 6.40. The van der Waals surface area contributed by atoms with E-state index in [1.165, 1.54) is 7.11 Å². The Balaban J connectivity index is 1.95. The van der Waals surface area contributed by atoms with Gasteiger partial charge < -0.3 is 20.1 Å². The first-order valence-corrected chi connectivity index (χ1v) is 7.44. The summed E-state index contributed by atoms with van der Waals surface area (Å²) in [5.74, 6) is -1.06. The number of benzene rings is 1. The summed E-state index contributed by atoms with van der Waals surface area (Å²) in [4.78, 5) is 23.7. The van der Waals surface area contributed by atoms with E-state index in [1.807, 2.05) is 0 Å². The smallest absolute Gasteiger partial charge is 0.313 e. The largest absolute Gasteiger partial charge is 0.495 e. The Kier molecular flexibility index (Phi) is 5.63. The Morgan fingerprint density at radius 2 is 2.18 bits per heavy atom. The van der Waals surface area contributed by atoms with E-state index in [0.29, 0.717) is 29.6 Å². The Morgan fingerprint density at radius 1 is 1.41 bits per heavy atom. The molecule has 2 amide bonds. The summed E-state index contributed by atoms with van der Waals surface area (Å²) in [7, 11) is 1.47. The molecule has 1 aliphatic rings. The third-order valence-electron chi connectivity index (χ3n) is 3.45. The van der Waals surface area contributed by atoms with Crippen molar-refractivity contribution in [3.8, 4) is 5.75 Å². The van der Waals surface area contributed by atoms with Gasteiger partial charge in [-0.15, -0.1) is 0 Å². The van der Waals surface area contributed by atoms with E-state index in [-0.39, 0.29) is 6.10 Å². The second-order valence-corrected chi connectivity index (χ2v) is 5.51. The lowest BCUT2D eigenvalue weighted by molar-refractivity contribution is -0.136. The first kappa shape index (κ1) is 16.6. The number of hydrogen-bond donors (Lipinski definition) is 2. The number of nitrogens with one attached hydrogen (secondary N) is 2. The third kappa shape index (κ3) is 4.11. The first-order valence-electron chi connectivity index (χ1n) is 7.06. The Morgan fingerprint density at radius 3 is 2.82 bits per heavy atom. The molecule has 0 saturated carbocycles. The minimum Gasteiger partial charge on any atom is -0.495 e. The zero-order chi connectivity index (χ0) is 16.1. The normalized spacial score (nSPS) is 17.1. The van der Waals surface area contributed by atoms with Crippen molar-refractivity contribution in [2.24, 2.45) is 0 Å². The molecular formula is C15H19ClN2O4. The summed E-state index contributed by atoms with van der Waals surface area (Å²) in [6.07, 6.45) is 1.86. The highest BCUT2D eigenvalue weighted by Gasteiger charge is 2.20. The van der Waals surface area contributed by atoms with Crippen molar-refractivity contribution in [1.82, 2.24) is 5.32 Å². The SMILES string of the molecule is COc1cc(Cl)c(C)cc1NC(=O)C(=O)NCC1CCCO1. The summed E-state index contributed by atoms with van der Waals surface area (Å²) >= 11 is 6.00. The van der Waals surface area contributed by atoms with Gasteiger partial charge in [0.05, 0.1) is 18.9 Å². The maximum absolute atomic E-state index is 11.9. The zero-order valence-corrected chi connectivity index (χ0v) is 13.3. The van der Waals surface area contributed by atoms with Gasteiger partial charge in [0.1, 0.15) is 5.75 Å².